The lowest BCUT2D eigenvalue weighted by Crippen LogP contribution is -2.34. The summed E-state index contributed by atoms with van der Waals surface area (Å²) in [7, 11) is 1.64. The lowest BCUT2D eigenvalue weighted by molar-refractivity contribution is -0.118. The van der Waals surface area contributed by atoms with Crippen molar-refractivity contribution >= 4 is 43.9 Å². The zero-order valence-electron chi connectivity index (χ0n) is 12.2. The number of rotatable bonds is 6. The number of benzene rings is 1. The van der Waals surface area contributed by atoms with Crippen molar-refractivity contribution in [1.82, 2.24) is 4.98 Å². The van der Waals surface area contributed by atoms with E-state index in [9.17, 15) is 4.79 Å². The van der Waals surface area contributed by atoms with Crippen molar-refractivity contribution in [2.24, 2.45) is 0 Å². The fraction of sp³-hybridized carbons (Fsp3) is 0.250. The van der Waals surface area contributed by atoms with Gasteiger partial charge in [-0.2, -0.15) is 0 Å². The van der Waals surface area contributed by atoms with Crippen molar-refractivity contribution in [2.75, 3.05) is 25.2 Å². The molecule has 2 aromatic heterocycles. The van der Waals surface area contributed by atoms with Crippen LogP contribution in [0.1, 0.15) is 4.88 Å². The second-order valence-electron chi connectivity index (χ2n) is 4.76. The molecule has 0 bridgehead atoms. The molecule has 1 aromatic carbocycles. The molecule has 0 fully saturated rings. The standard InChI is InChI=1S/C16H16N2O2S2/c1-20-9-8-18(15(19)11-12-5-4-10-21-12)16-17-13-6-2-3-7-14(13)22-16/h2-7,10H,8-9,11H2,1H3. The number of nitrogens with zero attached hydrogens (tertiary/aromatic N) is 2. The molecule has 1 amide bonds. The number of methoxy groups -OCH3 is 1. The summed E-state index contributed by atoms with van der Waals surface area (Å²) in [6, 6.07) is 11.9. The van der Waals surface area contributed by atoms with E-state index in [1.54, 1.807) is 23.3 Å². The summed E-state index contributed by atoms with van der Waals surface area (Å²) in [4.78, 5) is 20.0. The molecule has 0 N–H and O–H groups in total. The first-order valence-electron chi connectivity index (χ1n) is 6.95. The fourth-order valence-electron chi connectivity index (χ4n) is 2.14. The Balaban J connectivity index is 1.86. The Bertz CT molecular complexity index is 719. The van der Waals surface area contributed by atoms with E-state index in [0.717, 1.165) is 20.2 Å². The number of anilines is 1. The van der Waals surface area contributed by atoms with E-state index in [0.29, 0.717) is 19.6 Å². The Morgan fingerprint density at radius 3 is 2.86 bits per heavy atom. The van der Waals surface area contributed by atoms with Crippen LogP contribution in [0.5, 0.6) is 0 Å². The maximum absolute atomic E-state index is 12.6. The van der Waals surface area contributed by atoms with Crippen LogP contribution in [-0.2, 0) is 16.0 Å². The van der Waals surface area contributed by atoms with E-state index < -0.39 is 0 Å². The van der Waals surface area contributed by atoms with Gasteiger partial charge in [-0.3, -0.25) is 9.69 Å². The molecule has 0 atom stereocenters. The van der Waals surface area contributed by atoms with E-state index in [1.807, 2.05) is 41.8 Å². The number of amides is 1. The predicted octanol–water partition coefficient (Wildman–Crippen LogP) is 3.58. The Morgan fingerprint density at radius 1 is 1.27 bits per heavy atom. The van der Waals surface area contributed by atoms with E-state index in [1.165, 1.54) is 11.3 Å². The molecule has 0 saturated carbocycles. The minimum Gasteiger partial charge on any atom is -0.383 e. The summed E-state index contributed by atoms with van der Waals surface area (Å²) in [6.45, 7) is 1.01. The average Bonchev–Trinajstić information content (AvgIpc) is 3.16. The largest absolute Gasteiger partial charge is 0.383 e. The van der Waals surface area contributed by atoms with Gasteiger partial charge in [0.15, 0.2) is 5.13 Å². The van der Waals surface area contributed by atoms with Crippen molar-refractivity contribution in [3.05, 3.63) is 46.7 Å². The molecule has 3 rings (SSSR count). The van der Waals surface area contributed by atoms with Crippen molar-refractivity contribution in [1.29, 1.82) is 0 Å². The number of aromatic nitrogens is 1. The van der Waals surface area contributed by atoms with Gasteiger partial charge in [0.1, 0.15) is 0 Å². The maximum atomic E-state index is 12.6. The number of fused-ring (bicyclic) bond motifs is 1. The highest BCUT2D eigenvalue weighted by molar-refractivity contribution is 7.22. The first-order valence-corrected chi connectivity index (χ1v) is 8.65. The number of thiazole rings is 1. The van der Waals surface area contributed by atoms with Gasteiger partial charge in [-0.25, -0.2) is 4.98 Å². The molecular formula is C16H16N2O2S2. The van der Waals surface area contributed by atoms with Gasteiger partial charge in [0.2, 0.25) is 5.91 Å². The zero-order chi connectivity index (χ0) is 15.4. The first-order chi connectivity index (χ1) is 10.8. The van der Waals surface area contributed by atoms with Crippen molar-refractivity contribution < 1.29 is 9.53 Å². The molecule has 0 saturated heterocycles. The molecular weight excluding hydrogens is 316 g/mol. The summed E-state index contributed by atoms with van der Waals surface area (Å²) >= 11 is 3.14. The minimum absolute atomic E-state index is 0.0542. The monoisotopic (exact) mass is 332 g/mol. The van der Waals surface area contributed by atoms with E-state index >= 15 is 0 Å². The van der Waals surface area contributed by atoms with Crippen LogP contribution in [0, 0.1) is 0 Å². The molecule has 114 valence electrons. The Kier molecular flexibility index (Phi) is 4.82. The van der Waals surface area contributed by atoms with Gasteiger partial charge in [-0.05, 0) is 23.6 Å². The summed E-state index contributed by atoms with van der Waals surface area (Å²) in [5, 5.41) is 2.72. The summed E-state index contributed by atoms with van der Waals surface area (Å²) in [5.41, 5.74) is 0.925. The van der Waals surface area contributed by atoms with Gasteiger partial charge >= 0.3 is 0 Å². The van der Waals surface area contributed by atoms with Crippen LogP contribution in [0.2, 0.25) is 0 Å². The highest BCUT2D eigenvalue weighted by Crippen LogP contribution is 2.29. The molecule has 0 radical (unpaired) electrons. The SMILES string of the molecule is COCCN(C(=O)Cc1cccs1)c1nc2ccccc2s1. The topological polar surface area (TPSA) is 42.4 Å². The first kappa shape index (κ1) is 15.1. The van der Waals surface area contributed by atoms with Crippen molar-refractivity contribution in [3.8, 4) is 0 Å². The van der Waals surface area contributed by atoms with Crippen LogP contribution < -0.4 is 4.90 Å². The number of thiophene rings is 1. The number of carbonyl (C=O) groups excluding carboxylic acids is 1. The van der Waals surface area contributed by atoms with Crippen LogP contribution in [-0.4, -0.2) is 31.2 Å². The molecule has 0 aliphatic rings. The Morgan fingerprint density at radius 2 is 2.14 bits per heavy atom. The third-order valence-corrected chi connectivity index (χ3v) is 5.17. The molecule has 0 spiro atoms. The normalized spacial score (nSPS) is 11.0. The minimum atomic E-state index is 0.0542. The van der Waals surface area contributed by atoms with Gasteiger partial charge in [-0.15, -0.1) is 11.3 Å². The molecule has 6 heteroatoms. The molecule has 0 unspecified atom stereocenters. The molecule has 22 heavy (non-hydrogen) atoms. The van der Waals surface area contributed by atoms with Gasteiger partial charge < -0.3 is 4.74 Å². The van der Waals surface area contributed by atoms with Crippen molar-refractivity contribution in [3.63, 3.8) is 0 Å². The van der Waals surface area contributed by atoms with E-state index in [2.05, 4.69) is 4.98 Å². The highest BCUT2D eigenvalue weighted by Gasteiger charge is 2.20. The van der Waals surface area contributed by atoms with Crippen LogP contribution in [0.3, 0.4) is 0 Å². The Labute approximate surface area is 137 Å². The smallest absolute Gasteiger partial charge is 0.234 e. The van der Waals surface area contributed by atoms with E-state index in [4.69, 9.17) is 4.74 Å². The lowest BCUT2D eigenvalue weighted by Gasteiger charge is -2.19. The van der Waals surface area contributed by atoms with Gasteiger partial charge in [0, 0.05) is 12.0 Å². The predicted molar refractivity (Wildman–Crippen MR) is 91.9 cm³/mol. The quantitative estimate of drug-likeness (QED) is 0.693. The molecule has 2 heterocycles. The summed E-state index contributed by atoms with van der Waals surface area (Å²) < 4.78 is 6.23. The summed E-state index contributed by atoms with van der Waals surface area (Å²) in [5.74, 6) is 0.0542. The number of carbonyl (C=O) groups is 1. The van der Waals surface area contributed by atoms with Crippen LogP contribution in [0.15, 0.2) is 41.8 Å². The second kappa shape index (κ2) is 7.00. The number of para-hydroxylation sites is 1. The molecule has 0 aliphatic heterocycles. The average molecular weight is 332 g/mol. The van der Waals surface area contributed by atoms with Crippen LogP contribution >= 0.6 is 22.7 Å². The highest BCUT2D eigenvalue weighted by atomic mass is 32.1. The fourth-order valence-corrected chi connectivity index (χ4v) is 3.85. The second-order valence-corrected chi connectivity index (χ2v) is 6.80. The maximum Gasteiger partial charge on any atom is 0.234 e. The molecule has 4 nitrogen and oxygen atoms in total. The number of ether oxygens (including phenoxy) is 1. The van der Waals surface area contributed by atoms with Gasteiger partial charge in [0.05, 0.1) is 29.8 Å². The molecule has 0 aliphatic carbocycles. The van der Waals surface area contributed by atoms with E-state index in [-0.39, 0.29) is 5.91 Å². The molecule has 3 aromatic rings. The third kappa shape index (κ3) is 3.35. The van der Waals surface area contributed by atoms with Crippen LogP contribution in [0.25, 0.3) is 10.2 Å². The van der Waals surface area contributed by atoms with Gasteiger partial charge in [-0.1, -0.05) is 29.5 Å². The van der Waals surface area contributed by atoms with Gasteiger partial charge in [0.25, 0.3) is 0 Å². The van der Waals surface area contributed by atoms with Crippen LogP contribution in [0.4, 0.5) is 5.13 Å². The number of hydrogen-bond donors (Lipinski definition) is 0. The summed E-state index contributed by atoms with van der Waals surface area (Å²) in [6.07, 6.45) is 0.400. The Hall–Kier alpha value is -1.76. The van der Waals surface area contributed by atoms with Crippen molar-refractivity contribution in [2.45, 2.75) is 6.42 Å². The zero-order valence-corrected chi connectivity index (χ0v) is 13.8. The number of hydrogen-bond acceptors (Lipinski definition) is 5. The third-order valence-electron chi connectivity index (χ3n) is 3.24. The lowest BCUT2D eigenvalue weighted by atomic mass is 10.3.